The molecule has 3 rings (SSSR count). The summed E-state index contributed by atoms with van der Waals surface area (Å²) in [6.07, 6.45) is 0.881. The molecule has 4 nitrogen and oxygen atoms in total. The third-order valence-electron chi connectivity index (χ3n) is 4.35. The number of benzene rings is 2. The van der Waals surface area contributed by atoms with Gasteiger partial charge in [0.05, 0.1) is 25.0 Å². The van der Waals surface area contributed by atoms with E-state index in [2.05, 4.69) is 37.4 Å². The largest absolute Gasteiger partial charge is 0.490 e. The number of carbonyl (C=O) groups is 1. The van der Waals surface area contributed by atoms with Crippen molar-refractivity contribution < 1.29 is 14.3 Å². The Labute approximate surface area is 159 Å². The number of aryl methyl sites for hydroxylation is 2. The van der Waals surface area contributed by atoms with Crippen LogP contribution in [-0.2, 0) is 4.79 Å². The average molecular weight is 372 g/mol. The lowest BCUT2D eigenvalue weighted by atomic mass is 10.1. The van der Waals surface area contributed by atoms with Crippen molar-refractivity contribution in [2.45, 2.75) is 38.1 Å². The fourth-order valence-corrected chi connectivity index (χ4v) is 3.76. The highest BCUT2D eigenvalue weighted by Gasteiger charge is 2.15. The minimum Gasteiger partial charge on any atom is -0.490 e. The van der Waals surface area contributed by atoms with Crippen LogP contribution in [0.3, 0.4) is 0 Å². The Kier molecular flexibility index (Phi) is 6.09. The van der Waals surface area contributed by atoms with Crippen molar-refractivity contribution in [2.24, 2.45) is 0 Å². The van der Waals surface area contributed by atoms with Crippen LogP contribution in [0.4, 0.5) is 0 Å². The van der Waals surface area contributed by atoms with Gasteiger partial charge in [-0.15, -0.1) is 11.8 Å². The molecule has 0 fully saturated rings. The van der Waals surface area contributed by atoms with E-state index in [1.165, 1.54) is 11.1 Å². The van der Waals surface area contributed by atoms with Gasteiger partial charge in [-0.1, -0.05) is 23.8 Å². The number of ether oxygens (including phenoxy) is 2. The van der Waals surface area contributed by atoms with Gasteiger partial charge in [0.15, 0.2) is 11.5 Å². The van der Waals surface area contributed by atoms with Gasteiger partial charge in [-0.05, 0) is 50.1 Å². The Morgan fingerprint density at radius 3 is 2.69 bits per heavy atom. The summed E-state index contributed by atoms with van der Waals surface area (Å²) in [4.78, 5) is 13.5. The second-order valence-corrected chi connectivity index (χ2v) is 7.62. The van der Waals surface area contributed by atoms with Gasteiger partial charge in [-0.25, -0.2) is 0 Å². The predicted octanol–water partition coefficient (Wildman–Crippen LogP) is 4.43. The molecule has 1 aliphatic heterocycles. The number of fused-ring (bicyclic) bond motifs is 1. The Morgan fingerprint density at radius 2 is 1.88 bits per heavy atom. The van der Waals surface area contributed by atoms with Crippen molar-refractivity contribution >= 4 is 17.7 Å². The molecule has 1 aliphatic rings. The Bertz CT molecular complexity index is 791. The van der Waals surface area contributed by atoms with Crippen LogP contribution in [0.5, 0.6) is 11.5 Å². The number of carbonyl (C=O) groups excluding carboxylic acids is 1. The molecule has 0 saturated carbocycles. The summed E-state index contributed by atoms with van der Waals surface area (Å²) in [5.74, 6) is 1.95. The SMILES string of the molecule is Cc1ccc(C)c(SCC(=O)NC(C)c2ccc3c(c2)OCCCO3)c1. The summed E-state index contributed by atoms with van der Waals surface area (Å²) in [5.41, 5.74) is 3.42. The van der Waals surface area contributed by atoms with Gasteiger partial charge in [-0.2, -0.15) is 0 Å². The second kappa shape index (κ2) is 8.49. The molecule has 2 aromatic rings. The van der Waals surface area contributed by atoms with Gasteiger partial charge in [0.2, 0.25) is 5.91 Å². The lowest BCUT2D eigenvalue weighted by Crippen LogP contribution is -2.28. The molecule has 0 aromatic heterocycles. The molecule has 1 atom stereocenters. The first-order valence-corrected chi connectivity index (χ1v) is 9.90. The molecule has 1 unspecified atom stereocenters. The highest BCUT2D eigenvalue weighted by atomic mass is 32.2. The monoisotopic (exact) mass is 371 g/mol. The maximum Gasteiger partial charge on any atom is 0.230 e. The molecule has 0 aliphatic carbocycles. The van der Waals surface area contributed by atoms with E-state index < -0.39 is 0 Å². The van der Waals surface area contributed by atoms with Crippen LogP contribution in [0.1, 0.15) is 36.1 Å². The van der Waals surface area contributed by atoms with Crippen LogP contribution in [0.2, 0.25) is 0 Å². The van der Waals surface area contributed by atoms with E-state index >= 15 is 0 Å². The summed E-state index contributed by atoms with van der Waals surface area (Å²) in [6.45, 7) is 7.45. The molecule has 26 heavy (non-hydrogen) atoms. The number of hydrogen-bond donors (Lipinski definition) is 1. The van der Waals surface area contributed by atoms with Crippen molar-refractivity contribution in [1.82, 2.24) is 5.32 Å². The zero-order valence-corrected chi connectivity index (χ0v) is 16.3. The first kappa shape index (κ1) is 18.6. The third-order valence-corrected chi connectivity index (χ3v) is 5.51. The maximum absolute atomic E-state index is 12.4. The topological polar surface area (TPSA) is 47.6 Å². The fourth-order valence-electron chi connectivity index (χ4n) is 2.82. The van der Waals surface area contributed by atoms with Crippen molar-refractivity contribution in [3.63, 3.8) is 0 Å². The summed E-state index contributed by atoms with van der Waals surface area (Å²) in [7, 11) is 0. The molecule has 2 aromatic carbocycles. The van der Waals surface area contributed by atoms with Gasteiger partial charge in [0, 0.05) is 11.3 Å². The van der Waals surface area contributed by atoms with E-state index in [9.17, 15) is 4.79 Å². The summed E-state index contributed by atoms with van der Waals surface area (Å²) < 4.78 is 11.4. The lowest BCUT2D eigenvalue weighted by molar-refractivity contribution is -0.119. The number of hydrogen-bond acceptors (Lipinski definition) is 4. The molecule has 0 bridgehead atoms. The second-order valence-electron chi connectivity index (χ2n) is 6.60. The Balaban J connectivity index is 1.59. The molecule has 1 N–H and O–H groups in total. The van der Waals surface area contributed by atoms with Crippen LogP contribution in [-0.4, -0.2) is 24.9 Å². The van der Waals surface area contributed by atoms with Crippen LogP contribution in [0, 0.1) is 13.8 Å². The normalized spacial score (nSPS) is 14.4. The van der Waals surface area contributed by atoms with E-state index in [1.807, 2.05) is 25.1 Å². The zero-order chi connectivity index (χ0) is 18.5. The molecule has 0 spiro atoms. The Hall–Kier alpha value is -2.14. The zero-order valence-electron chi connectivity index (χ0n) is 15.5. The van der Waals surface area contributed by atoms with Crippen LogP contribution in [0.15, 0.2) is 41.3 Å². The molecule has 1 amide bonds. The average Bonchev–Trinajstić information content (AvgIpc) is 2.87. The van der Waals surface area contributed by atoms with E-state index in [0.29, 0.717) is 19.0 Å². The van der Waals surface area contributed by atoms with Gasteiger partial charge >= 0.3 is 0 Å². The Morgan fingerprint density at radius 1 is 1.12 bits per heavy atom. The summed E-state index contributed by atoms with van der Waals surface area (Å²) in [5, 5.41) is 3.07. The van der Waals surface area contributed by atoms with Crippen molar-refractivity contribution in [2.75, 3.05) is 19.0 Å². The number of nitrogens with one attached hydrogen (secondary N) is 1. The van der Waals surface area contributed by atoms with Gasteiger partial charge in [0.1, 0.15) is 0 Å². The van der Waals surface area contributed by atoms with Gasteiger partial charge < -0.3 is 14.8 Å². The number of amides is 1. The fraction of sp³-hybridized carbons (Fsp3) is 0.381. The molecular weight excluding hydrogens is 346 g/mol. The van der Waals surface area contributed by atoms with E-state index in [4.69, 9.17) is 9.47 Å². The third kappa shape index (κ3) is 4.73. The predicted molar refractivity (Wildman–Crippen MR) is 105 cm³/mol. The van der Waals surface area contributed by atoms with Crippen molar-refractivity contribution in [3.8, 4) is 11.5 Å². The molecule has 0 saturated heterocycles. The van der Waals surface area contributed by atoms with E-state index in [1.54, 1.807) is 11.8 Å². The quantitative estimate of drug-likeness (QED) is 0.790. The van der Waals surface area contributed by atoms with Gasteiger partial charge in [0.25, 0.3) is 0 Å². The molecule has 0 radical (unpaired) electrons. The van der Waals surface area contributed by atoms with Crippen LogP contribution in [0.25, 0.3) is 0 Å². The van der Waals surface area contributed by atoms with Crippen molar-refractivity contribution in [3.05, 3.63) is 53.1 Å². The smallest absolute Gasteiger partial charge is 0.230 e. The van der Waals surface area contributed by atoms with E-state index in [-0.39, 0.29) is 11.9 Å². The molecule has 1 heterocycles. The minimum atomic E-state index is -0.0844. The first-order valence-electron chi connectivity index (χ1n) is 8.92. The van der Waals surface area contributed by atoms with Crippen LogP contribution < -0.4 is 14.8 Å². The van der Waals surface area contributed by atoms with Crippen LogP contribution >= 0.6 is 11.8 Å². The first-order chi connectivity index (χ1) is 12.5. The number of rotatable bonds is 5. The molecule has 138 valence electrons. The lowest BCUT2D eigenvalue weighted by Gasteiger charge is -2.16. The maximum atomic E-state index is 12.4. The summed E-state index contributed by atoms with van der Waals surface area (Å²) in [6, 6.07) is 12.1. The standard InChI is InChI=1S/C21H25NO3S/c1-14-5-6-15(2)20(11-14)26-13-21(23)22-16(3)17-7-8-18-19(12-17)25-10-4-9-24-18/h5-8,11-12,16H,4,9-10,13H2,1-3H3,(H,22,23). The van der Waals surface area contributed by atoms with Gasteiger partial charge in [-0.3, -0.25) is 4.79 Å². The minimum absolute atomic E-state index is 0.0236. The highest BCUT2D eigenvalue weighted by molar-refractivity contribution is 8.00. The van der Waals surface area contributed by atoms with E-state index in [0.717, 1.165) is 28.4 Å². The summed E-state index contributed by atoms with van der Waals surface area (Å²) >= 11 is 1.58. The molecule has 5 heteroatoms. The van der Waals surface area contributed by atoms with Crippen molar-refractivity contribution in [1.29, 1.82) is 0 Å². The molecular formula is C21H25NO3S. The highest BCUT2D eigenvalue weighted by Crippen LogP contribution is 2.32. The number of thioether (sulfide) groups is 1.